The number of hydrogen-bond donors (Lipinski definition) is 0. The highest BCUT2D eigenvalue weighted by Crippen LogP contribution is 2.21. The van der Waals surface area contributed by atoms with E-state index < -0.39 is 0 Å². The molecule has 1 unspecified atom stereocenters. The van der Waals surface area contributed by atoms with Gasteiger partial charge >= 0.3 is 0 Å². The lowest BCUT2D eigenvalue weighted by Crippen LogP contribution is -2.39. The molecule has 0 radical (unpaired) electrons. The van der Waals surface area contributed by atoms with Gasteiger partial charge < -0.3 is 4.74 Å². The molecule has 1 fully saturated rings. The van der Waals surface area contributed by atoms with Gasteiger partial charge in [-0.3, -0.25) is 4.90 Å². The van der Waals surface area contributed by atoms with E-state index in [9.17, 15) is 0 Å². The summed E-state index contributed by atoms with van der Waals surface area (Å²) in [6, 6.07) is 0.732. The zero-order valence-corrected chi connectivity index (χ0v) is 12.6. The van der Waals surface area contributed by atoms with Crippen LogP contribution < -0.4 is 0 Å². The Hall–Kier alpha value is 0.400. The molecule has 2 nitrogen and oxygen atoms in total. The molecular weight excluding hydrogens is 266 g/mol. The molecule has 0 saturated carbocycles. The molecule has 1 saturated heterocycles. The van der Waals surface area contributed by atoms with E-state index in [-0.39, 0.29) is 5.60 Å². The fourth-order valence-corrected chi connectivity index (χ4v) is 2.95. The molecule has 0 N–H and O–H groups in total. The van der Waals surface area contributed by atoms with Gasteiger partial charge in [-0.1, -0.05) is 28.8 Å². The maximum Gasteiger partial charge on any atom is 0.0634 e. The number of nitrogens with zero attached hydrogens (tertiary/aromatic N) is 1. The minimum Gasteiger partial charge on any atom is -0.379 e. The number of methoxy groups -OCH3 is 1. The van der Waals surface area contributed by atoms with E-state index >= 15 is 0 Å². The summed E-state index contributed by atoms with van der Waals surface area (Å²) in [6.07, 6.45) is 6.61. The summed E-state index contributed by atoms with van der Waals surface area (Å²) in [5.74, 6) is 0. The Balaban J connectivity index is 2.42. The topological polar surface area (TPSA) is 12.5 Å². The normalized spacial score (nSPS) is 24.4. The van der Waals surface area contributed by atoms with Crippen LogP contribution in [0.15, 0.2) is 0 Å². The SMILES string of the molecule is COC(C)(C)CCN1CCCCCC1CBr. The van der Waals surface area contributed by atoms with Crippen molar-refractivity contribution in [3.8, 4) is 0 Å². The minimum absolute atomic E-state index is 0.0170. The lowest BCUT2D eigenvalue weighted by molar-refractivity contribution is 0.00494. The second kappa shape index (κ2) is 6.97. The van der Waals surface area contributed by atoms with E-state index in [2.05, 4.69) is 34.7 Å². The lowest BCUT2D eigenvalue weighted by Gasteiger charge is -2.32. The number of ether oxygens (including phenoxy) is 1. The Morgan fingerprint density at radius 3 is 2.69 bits per heavy atom. The van der Waals surface area contributed by atoms with Crippen LogP contribution in [0.2, 0.25) is 0 Å². The van der Waals surface area contributed by atoms with Crippen LogP contribution in [0.25, 0.3) is 0 Å². The first-order chi connectivity index (χ1) is 7.59. The van der Waals surface area contributed by atoms with Gasteiger partial charge in [-0.05, 0) is 39.7 Å². The Bertz CT molecular complexity index is 196. The van der Waals surface area contributed by atoms with Gasteiger partial charge in [0, 0.05) is 25.0 Å². The molecule has 96 valence electrons. The summed E-state index contributed by atoms with van der Waals surface area (Å²) in [5, 5.41) is 1.11. The van der Waals surface area contributed by atoms with Crippen molar-refractivity contribution in [2.24, 2.45) is 0 Å². The van der Waals surface area contributed by atoms with Crippen LogP contribution in [0, 0.1) is 0 Å². The van der Waals surface area contributed by atoms with Gasteiger partial charge in [-0.25, -0.2) is 0 Å². The summed E-state index contributed by atoms with van der Waals surface area (Å²) >= 11 is 3.65. The van der Waals surface area contributed by atoms with Gasteiger partial charge in [0.15, 0.2) is 0 Å². The van der Waals surface area contributed by atoms with Gasteiger partial charge in [0.25, 0.3) is 0 Å². The molecule has 16 heavy (non-hydrogen) atoms. The molecule has 1 heterocycles. The maximum absolute atomic E-state index is 5.49. The second-order valence-corrected chi connectivity index (χ2v) is 6.05. The molecule has 1 aliphatic heterocycles. The van der Waals surface area contributed by atoms with Gasteiger partial charge in [-0.15, -0.1) is 0 Å². The fraction of sp³-hybridized carbons (Fsp3) is 1.00. The summed E-state index contributed by atoms with van der Waals surface area (Å²) < 4.78 is 5.49. The number of hydrogen-bond acceptors (Lipinski definition) is 2. The first kappa shape index (κ1) is 14.5. The molecule has 0 spiro atoms. The van der Waals surface area contributed by atoms with E-state index in [1.54, 1.807) is 0 Å². The van der Waals surface area contributed by atoms with E-state index in [1.165, 1.54) is 32.2 Å². The number of likely N-dealkylation sites (tertiary alicyclic amines) is 1. The predicted molar refractivity (Wildman–Crippen MR) is 73.3 cm³/mol. The van der Waals surface area contributed by atoms with Crippen molar-refractivity contribution in [3.05, 3.63) is 0 Å². The monoisotopic (exact) mass is 291 g/mol. The Morgan fingerprint density at radius 2 is 2.06 bits per heavy atom. The van der Waals surface area contributed by atoms with Gasteiger partial charge in [0.1, 0.15) is 0 Å². The van der Waals surface area contributed by atoms with Crippen molar-refractivity contribution in [2.45, 2.75) is 57.6 Å². The third kappa shape index (κ3) is 4.72. The van der Waals surface area contributed by atoms with E-state index in [4.69, 9.17) is 4.74 Å². The summed E-state index contributed by atoms with van der Waals surface area (Å²) in [4.78, 5) is 2.64. The van der Waals surface area contributed by atoms with Crippen molar-refractivity contribution in [1.82, 2.24) is 4.90 Å². The molecule has 0 aliphatic carbocycles. The smallest absolute Gasteiger partial charge is 0.0634 e. The van der Waals surface area contributed by atoms with Crippen molar-refractivity contribution in [2.75, 3.05) is 25.5 Å². The van der Waals surface area contributed by atoms with Crippen LogP contribution in [0.3, 0.4) is 0 Å². The van der Waals surface area contributed by atoms with Crippen LogP contribution in [-0.4, -0.2) is 42.1 Å². The number of alkyl halides is 1. The predicted octanol–water partition coefficient (Wildman–Crippen LogP) is 3.44. The van der Waals surface area contributed by atoms with Crippen LogP contribution >= 0.6 is 15.9 Å². The summed E-state index contributed by atoms with van der Waals surface area (Å²) in [7, 11) is 1.81. The van der Waals surface area contributed by atoms with Crippen molar-refractivity contribution in [3.63, 3.8) is 0 Å². The molecule has 1 aliphatic rings. The van der Waals surface area contributed by atoms with Crippen LogP contribution in [0.1, 0.15) is 46.0 Å². The van der Waals surface area contributed by atoms with Gasteiger partial charge in [0.2, 0.25) is 0 Å². The summed E-state index contributed by atoms with van der Waals surface area (Å²) in [6.45, 7) is 6.77. The van der Waals surface area contributed by atoms with Gasteiger partial charge in [-0.2, -0.15) is 0 Å². The number of rotatable bonds is 5. The average molecular weight is 292 g/mol. The van der Waals surface area contributed by atoms with Crippen LogP contribution in [0.5, 0.6) is 0 Å². The Labute approximate surface area is 109 Å². The third-order valence-corrected chi connectivity index (χ3v) is 4.48. The van der Waals surface area contributed by atoms with Crippen molar-refractivity contribution in [1.29, 1.82) is 0 Å². The molecule has 1 rings (SSSR count). The molecule has 0 aromatic carbocycles. The zero-order chi connectivity index (χ0) is 12.0. The fourth-order valence-electron chi connectivity index (χ4n) is 2.22. The molecule has 0 aromatic heterocycles. The third-order valence-electron chi connectivity index (χ3n) is 3.73. The molecular formula is C13H26BrNO. The first-order valence-electron chi connectivity index (χ1n) is 6.44. The standard InChI is InChI=1S/C13H26BrNO/c1-13(2,16-3)8-10-15-9-6-4-5-7-12(15)11-14/h12H,4-11H2,1-3H3. The van der Waals surface area contributed by atoms with Crippen molar-refractivity contribution < 1.29 is 4.74 Å². The first-order valence-corrected chi connectivity index (χ1v) is 7.56. The Kier molecular flexibility index (Phi) is 6.30. The minimum atomic E-state index is 0.0170. The van der Waals surface area contributed by atoms with Crippen LogP contribution in [0.4, 0.5) is 0 Å². The average Bonchev–Trinajstić information content (AvgIpc) is 2.51. The number of halogens is 1. The lowest BCUT2D eigenvalue weighted by atomic mass is 10.0. The Morgan fingerprint density at radius 1 is 1.31 bits per heavy atom. The molecule has 1 atom stereocenters. The largest absolute Gasteiger partial charge is 0.379 e. The quantitative estimate of drug-likeness (QED) is 0.720. The maximum atomic E-state index is 5.49. The molecule has 0 amide bonds. The highest BCUT2D eigenvalue weighted by molar-refractivity contribution is 9.09. The molecule has 0 aromatic rings. The highest BCUT2D eigenvalue weighted by atomic mass is 79.9. The van der Waals surface area contributed by atoms with Gasteiger partial charge in [0.05, 0.1) is 5.60 Å². The van der Waals surface area contributed by atoms with E-state index in [1.807, 2.05) is 7.11 Å². The van der Waals surface area contributed by atoms with Crippen LogP contribution in [-0.2, 0) is 4.74 Å². The van der Waals surface area contributed by atoms with Crippen molar-refractivity contribution >= 4 is 15.9 Å². The van der Waals surface area contributed by atoms with E-state index in [0.717, 1.165) is 24.3 Å². The van der Waals surface area contributed by atoms with E-state index in [0.29, 0.717) is 0 Å². The second-order valence-electron chi connectivity index (χ2n) is 5.41. The zero-order valence-electron chi connectivity index (χ0n) is 11.0. The molecule has 3 heteroatoms. The highest BCUT2D eigenvalue weighted by Gasteiger charge is 2.23. The summed E-state index contributed by atoms with van der Waals surface area (Å²) in [5.41, 5.74) is 0.0170. The molecule has 0 bridgehead atoms.